The van der Waals surface area contributed by atoms with E-state index in [4.69, 9.17) is 0 Å². The predicted octanol–water partition coefficient (Wildman–Crippen LogP) is 2.22. The Morgan fingerprint density at radius 3 is 2.48 bits per heavy atom. The third kappa shape index (κ3) is 4.53. The summed E-state index contributed by atoms with van der Waals surface area (Å²) in [6.45, 7) is 4.31. The first-order valence-electron chi connectivity index (χ1n) is 7.61. The molecule has 0 spiro atoms. The first kappa shape index (κ1) is 16.5. The molecule has 1 fully saturated rings. The zero-order valence-corrected chi connectivity index (χ0v) is 14.0. The molecule has 1 N–H and O–H groups in total. The van der Waals surface area contributed by atoms with Gasteiger partial charge in [0.25, 0.3) is 0 Å². The monoisotopic (exact) mass is 310 g/mol. The van der Waals surface area contributed by atoms with Gasteiger partial charge >= 0.3 is 0 Å². The molecule has 1 aliphatic heterocycles. The zero-order chi connectivity index (χ0) is 15.5. The van der Waals surface area contributed by atoms with Gasteiger partial charge in [0, 0.05) is 24.9 Å². The summed E-state index contributed by atoms with van der Waals surface area (Å²) in [5.41, 5.74) is 1.15. The van der Waals surface area contributed by atoms with Crippen LogP contribution in [0.4, 0.5) is 0 Å². The molecule has 0 saturated carbocycles. The van der Waals surface area contributed by atoms with E-state index in [1.54, 1.807) is 12.1 Å². The molecule has 5 heteroatoms. The highest BCUT2D eigenvalue weighted by atomic mass is 32.2. The standard InChI is InChI=1S/C16H26N2O2S/c1-13(18(2)12-15-6-4-5-11-17-15)14-7-9-16(10-8-14)21(3,19)20/h7-10,13,15,17H,4-6,11-12H2,1-3H3. The SMILES string of the molecule is CC(c1ccc(S(C)(=O)=O)cc1)N(C)CC1CCCCN1. The van der Waals surface area contributed by atoms with Crippen molar-refractivity contribution >= 4 is 9.84 Å². The summed E-state index contributed by atoms with van der Waals surface area (Å²) in [4.78, 5) is 2.72. The van der Waals surface area contributed by atoms with Crippen LogP contribution in [-0.4, -0.2) is 45.8 Å². The Labute approximate surface area is 128 Å². The van der Waals surface area contributed by atoms with Crippen LogP contribution in [0.5, 0.6) is 0 Å². The Morgan fingerprint density at radius 1 is 1.29 bits per heavy atom. The van der Waals surface area contributed by atoms with E-state index in [2.05, 4.69) is 24.2 Å². The minimum Gasteiger partial charge on any atom is -0.313 e. The lowest BCUT2D eigenvalue weighted by molar-refractivity contribution is 0.214. The Hall–Kier alpha value is -0.910. The fourth-order valence-electron chi connectivity index (χ4n) is 2.83. The number of piperidine rings is 1. The Kier molecular flexibility index (Phi) is 5.41. The second kappa shape index (κ2) is 6.90. The van der Waals surface area contributed by atoms with Crippen LogP contribution < -0.4 is 5.32 Å². The third-order valence-corrected chi connectivity index (χ3v) is 5.50. The van der Waals surface area contributed by atoms with Gasteiger partial charge in [0.2, 0.25) is 0 Å². The van der Waals surface area contributed by atoms with Crippen LogP contribution in [0.25, 0.3) is 0 Å². The quantitative estimate of drug-likeness (QED) is 0.906. The number of hydrogen-bond donors (Lipinski definition) is 1. The van der Waals surface area contributed by atoms with Gasteiger partial charge in [0.05, 0.1) is 4.90 Å². The molecule has 0 bridgehead atoms. The molecule has 1 aromatic rings. The van der Waals surface area contributed by atoms with Crippen LogP contribution in [0, 0.1) is 0 Å². The fourth-order valence-corrected chi connectivity index (χ4v) is 3.46. The van der Waals surface area contributed by atoms with Crippen LogP contribution in [-0.2, 0) is 9.84 Å². The fraction of sp³-hybridized carbons (Fsp3) is 0.625. The van der Waals surface area contributed by atoms with Crippen LogP contribution in [0.2, 0.25) is 0 Å². The van der Waals surface area contributed by atoms with Crippen LogP contribution in [0.3, 0.4) is 0 Å². The summed E-state index contributed by atoms with van der Waals surface area (Å²) < 4.78 is 23.0. The summed E-state index contributed by atoms with van der Waals surface area (Å²) in [5, 5.41) is 3.56. The number of rotatable bonds is 5. The predicted molar refractivity (Wildman–Crippen MR) is 86.2 cm³/mol. The van der Waals surface area contributed by atoms with Gasteiger partial charge < -0.3 is 5.32 Å². The van der Waals surface area contributed by atoms with Crippen molar-refractivity contribution in [2.75, 3.05) is 26.4 Å². The average molecular weight is 310 g/mol. The number of hydrogen-bond acceptors (Lipinski definition) is 4. The molecule has 4 nitrogen and oxygen atoms in total. The van der Waals surface area contributed by atoms with Gasteiger partial charge in [-0.25, -0.2) is 8.42 Å². The van der Waals surface area contributed by atoms with Gasteiger partial charge in [-0.3, -0.25) is 4.90 Å². The van der Waals surface area contributed by atoms with Crippen LogP contribution >= 0.6 is 0 Å². The first-order chi connectivity index (χ1) is 9.88. The number of nitrogens with zero attached hydrogens (tertiary/aromatic N) is 1. The van der Waals surface area contributed by atoms with Crippen molar-refractivity contribution in [1.29, 1.82) is 0 Å². The summed E-state index contributed by atoms with van der Waals surface area (Å²) >= 11 is 0. The van der Waals surface area contributed by atoms with Crippen molar-refractivity contribution in [3.05, 3.63) is 29.8 Å². The lowest BCUT2D eigenvalue weighted by atomic mass is 10.0. The van der Waals surface area contributed by atoms with E-state index in [9.17, 15) is 8.42 Å². The van der Waals surface area contributed by atoms with E-state index in [1.165, 1.54) is 25.5 Å². The van der Waals surface area contributed by atoms with Gasteiger partial charge in [0.15, 0.2) is 9.84 Å². The highest BCUT2D eigenvalue weighted by Crippen LogP contribution is 2.21. The molecule has 2 unspecified atom stereocenters. The first-order valence-corrected chi connectivity index (χ1v) is 9.50. The van der Waals surface area contributed by atoms with Gasteiger partial charge in [0.1, 0.15) is 0 Å². The molecular formula is C16H26N2O2S. The van der Waals surface area contributed by atoms with E-state index >= 15 is 0 Å². The molecule has 118 valence electrons. The van der Waals surface area contributed by atoms with Gasteiger partial charge in [-0.15, -0.1) is 0 Å². The lowest BCUT2D eigenvalue weighted by Crippen LogP contribution is -2.43. The van der Waals surface area contributed by atoms with Crippen molar-refractivity contribution in [2.24, 2.45) is 0 Å². The lowest BCUT2D eigenvalue weighted by Gasteiger charge is -2.32. The second-order valence-corrected chi connectivity index (χ2v) is 8.12. The number of benzene rings is 1. The van der Waals surface area contributed by atoms with Crippen molar-refractivity contribution in [1.82, 2.24) is 10.2 Å². The molecule has 2 atom stereocenters. The van der Waals surface area contributed by atoms with Crippen molar-refractivity contribution in [3.8, 4) is 0 Å². The molecule has 1 saturated heterocycles. The van der Waals surface area contributed by atoms with Gasteiger partial charge in [-0.2, -0.15) is 0 Å². The Morgan fingerprint density at radius 2 is 1.95 bits per heavy atom. The number of nitrogens with one attached hydrogen (secondary N) is 1. The minimum absolute atomic E-state index is 0.280. The summed E-state index contributed by atoms with van der Waals surface area (Å²) in [6, 6.07) is 8.10. The maximum Gasteiger partial charge on any atom is 0.175 e. The molecule has 1 heterocycles. The van der Waals surface area contributed by atoms with E-state index in [0.29, 0.717) is 10.9 Å². The molecule has 1 aliphatic rings. The summed E-state index contributed by atoms with van der Waals surface area (Å²) in [6.07, 6.45) is 5.07. The van der Waals surface area contributed by atoms with Gasteiger partial charge in [-0.1, -0.05) is 18.6 Å². The topological polar surface area (TPSA) is 49.4 Å². The molecule has 0 aromatic heterocycles. The van der Waals surface area contributed by atoms with Crippen LogP contribution in [0.1, 0.15) is 37.8 Å². The van der Waals surface area contributed by atoms with E-state index in [0.717, 1.165) is 18.7 Å². The normalized spacial score (nSPS) is 21.4. The van der Waals surface area contributed by atoms with Crippen molar-refractivity contribution in [3.63, 3.8) is 0 Å². The largest absolute Gasteiger partial charge is 0.313 e. The Bertz CT molecular complexity index is 548. The molecule has 1 aromatic carbocycles. The third-order valence-electron chi connectivity index (χ3n) is 4.37. The summed E-state index contributed by atoms with van der Waals surface area (Å²) in [5.74, 6) is 0. The molecule has 0 radical (unpaired) electrons. The maximum atomic E-state index is 11.5. The van der Waals surface area contributed by atoms with Crippen molar-refractivity contribution < 1.29 is 8.42 Å². The molecule has 2 rings (SSSR count). The van der Waals surface area contributed by atoms with E-state index in [-0.39, 0.29) is 6.04 Å². The molecular weight excluding hydrogens is 284 g/mol. The van der Waals surface area contributed by atoms with E-state index in [1.807, 2.05) is 12.1 Å². The van der Waals surface area contributed by atoms with Crippen molar-refractivity contribution in [2.45, 2.75) is 43.2 Å². The zero-order valence-electron chi connectivity index (χ0n) is 13.2. The number of likely N-dealkylation sites (N-methyl/N-ethyl adjacent to an activating group) is 1. The molecule has 0 aliphatic carbocycles. The average Bonchev–Trinajstić information content (AvgIpc) is 2.46. The Balaban J connectivity index is 1.99. The van der Waals surface area contributed by atoms with Crippen LogP contribution in [0.15, 0.2) is 29.2 Å². The maximum absolute atomic E-state index is 11.5. The molecule has 21 heavy (non-hydrogen) atoms. The van der Waals surface area contributed by atoms with E-state index < -0.39 is 9.84 Å². The second-order valence-electron chi connectivity index (χ2n) is 6.10. The summed E-state index contributed by atoms with van der Waals surface area (Å²) in [7, 11) is -0.981. The minimum atomic E-state index is -3.11. The smallest absolute Gasteiger partial charge is 0.175 e. The number of sulfone groups is 1. The highest BCUT2D eigenvalue weighted by molar-refractivity contribution is 7.90. The highest BCUT2D eigenvalue weighted by Gasteiger charge is 2.19. The molecule has 0 amide bonds. The van der Waals surface area contributed by atoms with Gasteiger partial charge in [-0.05, 0) is 51.1 Å².